The molecule has 1 aliphatic carbocycles. The molecule has 6 nitrogen and oxygen atoms in total. The third-order valence-electron chi connectivity index (χ3n) is 5.57. The van der Waals surface area contributed by atoms with Gasteiger partial charge in [-0.2, -0.15) is 5.26 Å². The average Bonchev–Trinajstić information content (AvgIpc) is 3.08. The molecule has 0 saturated heterocycles. The highest BCUT2D eigenvalue weighted by atomic mass is 32.2. The fraction of sp³-hybridized carbons (Fsp3) is 0.524. The predicted octanol–water partition coefficient (Wildman–Crippen LogP) is 3.50. The van der Waals surface area contributed by atoms with Gasteiger partial charge in [0.15, 0.2) is 5.17 Å². The van der Waals surface area contributed by atoms with Gasteiger partial charge in [-0.15, -0.1) is 0 Å². The van der Waals surface area contributed by atoms with Gasteiger partial charge in [-0.1, -0.05) is 48.7 Å². The fourth-order valence-electron chi connectivity index (χ4n) is 3.77. The van der Waals surface area contributed by atoms with E-state index < -0.39 is 10.8 Å². The van der Waals surface area contributed by atoms with Gasteiger partial charge < -0.3 is 4.90 Å². The summed E-state index contributed by atoms with van der Waals surface area (Å²) in [5.41, 5.74) is 1.16. The Morgan fingerprint density at radius 3 is 2.54 bits per heavy atom. The summed E-state index contributed by atoms with van der Waals surface area (Å²) in [7, 11) is 1.73. The molecule has 1 saturated carbocycles. The van der Waals surface area contributed by atoms with Crippen LogP contribution in [0.25, 0.3) is 0 Å². The molecule has 28 heavy (non-hydrogen) atoms. The maximum atomic E-state index is 13.1. The second kappa shape index (κ2) is 8.36. The molecule has 0 spiro atoms. The molecule has 0 radical (unpaired) electrons. The van der Waals surface area contributed by atoms with Crippen LogP contribution < -0.4 is 4.90 Å². The quantitative estimate of drug-likeness (QED) is 0.778. The van der Waals surface area contributed by atoms with Crippen LogP contribution in [-0.4, -0.2) is 46.3 Å². The number of benzene rings is 1. The van der Waals surface area contributed by atoms with Crippen LogP contribution in [-0.2, 0) is 9.59 Å². The first-order chi connectivity index (χ1) is 13.4. The number of anilines is 1. The first kappa shape index (κ1) is 20.4. The summed E-state index contributed by atoms with van der Waals surface area (Å²) in [6.45, 7) is 3.90. The van der Waals surface area contributed by atoms with Crippen molar-refractivity contribution in [1.82, 2.24) is 4.90 Å². The number of nitrogens with zero attached hydrogens (tertiary/aromatic N) is 4. The van der Waals surface area contributed by atoms with Crippen LogP contribution >= 0.6 is 11.8 Å². The maximum absolute atomic E-state index is 13.1. The molecular weight excluding hydrogens is 372 g/mol. The summed E-state index contributed by atoms with van der Waals surface area (Å²) in [6.07, 6.45) is 4.49. The van der Waals surface area contributed by atoms with Crippen LogP contribution in [0, 0.1) is 18.3 Å². The van der Waals surface area contributed by atoms with E-state index in [1.165, 1.54) is 11.8 Å². The number of carbonyl (C=O) groups excluding carboxylic acids is 2. The molecule has 1 aromatic carbocycles. The number of amides is 2. The fourth-order valence-corrected chi connectivity index (χ4v) is 4.80. The summed E-state index contributed by atoms with van der Waals surface area (Å²) >= 11 is 1.28. The molecule has 1 aliphatic heterocycles. The summed E-state index contributed by atoms with van der Waals surface area (Å²) in [5.74, 6) is -0.195. The standard InChI is InChI=1S/C21H26N4O2S/c1-15-7-9-17(10-8-15)25-18(26)13-23-20(25)28-16(2)19(27)24(3)21(14-22)11-5-4-6-12-21/h7-10,16H,4-6,11-13H2,1-3H3/t16-/m1/s1. The molecule has 1 heterocycles. The van der Waals surface area contributed by atoms with Crippen molar-refractivity contribution in [2.24, 2.45) is 4.99 Å². The summed E-state index contributed by atoms with van der Waals surface area (Å²) in [4.78, 5) is 33.0. The summed E-state index contributed by atoms with van der Waals surface area (Å²) in [5, 5.41) is 9.85. The van der Waals surface area contributed by atoms with Crippen molar-refractivity contribution in [3.8, 4) is 6.07 Å². The van der Waals surface area contributed by atoms with E-state index >= 15 is 0 Å². The molecule has 1 aromatic rings. The van der Waals surface area contributed by atoms with Crippen LogP contribution in [0.15, 0.2) is 29.3 Å². The van der Waals surface area contributed by atoms with Gasteiger partial charge in [-0.05, 0) is 38.8 Å². The number of carbonyl (C=O) groups is 2. The molecule has 2 amide bonds. The molecule has 7 heteroatoms. The molecule has 0 unspecified atom stereocenters. The minimum Gasteiger partial charge on any atom is -0.326 e. The Balaban J connectivity index is 1.73. The summed E-state index contributed by atoms with van der Waals surface area (Å²) in [6, 6.07) is 10.1. The highest BCUT2D eigenvalue weighted by Gasteiger charge is 2.41. The first-order valence-electron chi connectivity index (χ1n) is 9.67. The van der Waals surface area contributed by atoms with E-state index in [4.69, 9.17) is 0 Å². The zero-order chi connectivity index (χ0) is 20.3. The molecule has 1 atom stereocenters. The maximum Gasteiger partial charge on any atom is 0.254 e. The Morgan fingerprint density at radius 2 is 1.93 bits per heavy atom. The second-order valence-corrected chi connectivity index (χ2v) is 8.83. The zero-order valence-corrected chi connectivity index (χ0v) is 17.5. The van der Waals surface area contributed by atoms with Crippen molar-refractivity contribution < 1.29 is 9.59 Å². The Kier molecular flexibility index (Phi) is 6.09. The van der Waals surface area contributed by atoms with Gasteiger partial charge in [0.2, 0.25) is 5.91 Å². The van der Waals surface area contributed by atoms with Crippen LogP contribution in [0.1, 0.15) is 44.6 Å². The lowest BCUT2D eigenvalue weighted by atomic mass is 9.81. The number of thioether (sulfide) groups is 1. The van der Waals surface area contributed by atoms with Gasteiger partial charge in [0.25, 0.3) is 5.91 Å². The zero-order valence-electron chi connectivity index (χ0n) is 16.6. The average molecular weight is 399 g/mol. The Labute approximate surface area is 170 Å². The lowest BCUT2D eigenvalue weighted by Gasteiger charge is -2.40. The van der Waals surface area contributed by atoms with E-state index in [-0.39, 0.29) is 18.4 Å². The van der Waals surface area contributed by atoms with Gasteiger partial charge in [0.05, 0.1) is 17.0 Å². The van der Waals surface area contributed by atoms with Crippen molar-refractivity contribution in [3.05, 3.63) is 29.8 Å². The Morgan fingerprint density at radius 1 is 1.29 bits per heavy atom. The third kappa shape index (κ3) is 3.93. The predicted molar refractivity (Wildman–Crippen MR) is 112 cm³/mol. The number of amidine groups is 1. The lowest BCUT2D eigenvalue weighted by Crippen LogP contribution is -2.52. The highest BCUT2D eigenvalue weighted by molar-refractivity contribution is 8.15. The van der Waals surface area contributed by atoms with E-state index in [2.05, 4.69) is 11.1 Å². The smallest absolute Gasteiger partial charge is 0.254 e. The molecule has 2 aliphatic rings. The van der Waals surface area contributed by atoms with E-state index in [1.54, 1.807) is 16.8 Å². The molecular formula is C21H26N4O2S. The van der Waals surface area contributed by atoms with E-state index in [0.29, 0.717) is 5.17 Å². The van der Waals surface area contributed by atoms with E-state index in [0.717, 1.165) is 43.4 Å². The number of nitriles is 1. The van der Waals surface area contributed by atoms with Gasteiger partial charge in [-0.3, -0.25) is 19.5 Å². The second-order valence-electron chi connectivity index (χ2n) is 7.52. The van der Waals surface area contributed by atoms with Crippen molar-refractivity contribution in [1.29, 1.82) is 5.26 Å². The monoisotopic (exact) mass is 398 g/mol. The minimum absolute atomic E-state index is 0.0924. The largest absolute Gasteiger partial charge is 0.326 e. The van der Waals surface area contributed by atoms with Crippen LogP contribution in [0.4, 0.5) is 5.69 Å². The van der Waals surface area contributed by atoms with Crippen molar-refractivity contribution >= 4 is 34.4 Å². The first-order valence-corrected chi connectivity index (χ1v) is 10.6. The van der Waals surface area contributed by atoms with Crippen molar-refractivity contribution in [2.45, 2.75) is 56.7 Å². The summed E-state index contributed by atoms with van der Waals surface area (Å²) < 4.78 is 0. The third-order valence-corrected chi connectivity index (χ3v) is 6.65. The van der Waals surface area contributed by atoms with Crippen molar-refractivity contribution in [3.63, 3.8) is 0 Å². The lowest BCUT2D eigenvalue weighted by molar-refractivity contribution is -0.133. The molecule has 1 fully saturated rings. The van der Waals surface area contributed by atoms with Crippen LogP contribution in [0.2, 0.25) is 0 Å². The Hall–Kier alpha value is -2.33. The van der Waals surface area contributed by atoms with Gasteiger partial charge >= 0.3 is 0 Å². The van der Waals surface area contributed by atoms with Gasteiger partial charge in [-0.25, -0.2) is 0 Å². The molecule has 3 rings (SSSR count). The molecule has 148 valence electrons. The number of hydrogen-bond donors (Lipinski definition) is 0. The van der Waals surface area contributed by atoms with Gasteiger partial charge in [0.1, 0.15) is 12.1 Å². The van der Waals surface area contributed by atoms with E-state index in [9.17, 15) is 14.9 Å². The number of hydrogen-bond acceptors (Lipinski definition) is 5. The molecule has 0 bridgehead atoms. The highest BCUT2D eigenvalue weighted by Crippen LogP contribution is 2.34. The van der Waals surface area contributed by atoms with Crippen molar-refractivity contribution in [2.75, 3.05) is 18.5 Å². The molecule has 0 N–H and O–H groups in total. The molecule has 0 aromatic heterocycles. The number of rotatable bonds is 4. The number of aliphatic imine (C=N–C) groups is 1. The topological polar surface area (TPSA) is 76.8 Å². The SMILES string of the molecule is Cc1ccc(N2C(=O)CN=C2S[C@H](C)C(=O)N(C)C2(C#N)CCCCC2)cc1. The van der Waals surface area contributed by atoms with Crippen LogP contribution in [0.3, 0.4) is 0 Å². The van der Waals surface area contributed by atoms with E-state index in [1.807, 2.05) is 38.1 Å². The normalized spacial score (nSPS) is 19.7. The van der Waals surface area contributed by atoms with Gasteiger partial charge in [0, 0.05) is 7.05 Å². The van der Waals surface area contributed by atoms with Crippen LogP contribution in [0.5, 0.6) is 0 Å². The Bertz CT molecular complexity index is 822. The minimum atomic E-state index is -0.714. The number of aryl methyl sites for hydroxylation is 1.